The highest BCUT2D eigenvalue weighted by atomic mass is 79.9. The molecular weight excluding hydrogens is 322 g/mol. The van der Waals surface area contributed by atoms with Crippen molar-refractivity contribution in [2.75, 3.05) is 0 Å². The first-order valence-corrected chi connectivity index (χ1v) is 6.92. The van der Waals surface area contributed by atoms with Crippen LogP contribution in [0.3, 0.4) is 0 Å². The zero-order valence-electron chi connectivity index (χ0n) is 12.0. The Morgan fingerprint density at radius 3 is 1.52 bits per heavy atom. The van der Waals surface area contributed by atoms with Gasteiger partial charge in [-0.2, -0.15) is 4.57 Å². The fraction of sp³-hybridized carbons (Fsp3) is 0.105. The van der Waals surface area contributed by atoms with Crippen molar-refractivity contribution in [2.24, 2.45) is 0 Å². The first kappa shape index (κ1) is 15.5. The van der Waals surface area contributed by atoms with Crippen molar-refractivity contribution in [2.45, 2.75) is 13.0 Å². The highest BCUT2D eigenvalue weighted by molar-refractivity contribution is 8.93. The van der Waals surface area contributed by atoms with Crippen LogP contribution in [0.4, 0.5) is 0 Å². The first-order chi connectivity index (χ1) is 9.84. The first-order valence-electron chi connectivity index (χ1n) is 6.92. The summed E-state index contributed by atoms with van der Waals surface area (Å²) in [7, 11) is 0. The molecule has 0 radical (unpaired) electrons. The molecule has 0 spiro atoms. The summed E-state index contributed by atoms with van der Waals surface area (Å²) < 4.78 is 2.26. The summed E-state index contributed by atoms with van der Waals surface area (Å²) >= 11 is 0. The zero-order valence-corrected chi connectivity index (χ0v) is 13.7. The van der Waals surface area contributed by atoms with Gasteiger partial charge in [-0.15, -0.1) is 17.0 Å². The molecule has 21 heavy (non-hydrogen) atoms. The van der Waals surface area contributed by atoms with Crippen molar-refractivity contribution in [3.63, 3.8) is 0 Å². The molecule has 0 amide bonds. The predicted octanol–water partition coefficient (Wildman–Crippen LogP) is 4.50. The van der Waals surface area contributed by atoms with Gasteiger partial charge in [0.05, 0.1) is 0 Å². The maximum atomic E-state index is 2.26. The van der Waals surface area contributed by atoms with Gasteiger partial charge in [0.2, 0.25) is 6.04 Å². The summed E-state index contributed by atoms with van der Waals surface area (Å²) in [5.74, 6) is 0. The fourth-order valence-electron chi connectivity index (χ4n) is 2.49. The summed E-state index contributed by atoms with van der Waals surface area (Å²) in [6.07, 6.45) is 4.31. The van der Waals surface area contributed by atoms with Crippen molar-refractivity contribution >= 4 is 17.0 Å². The largest absolute Gasteiger partial charge is 0.208 e. The van der Waals surface area contributed by atoms with Crippen LogP contribution in [-0.2, 0) is 0 Å². The van der Waals surface area contributed by atoms with E-state index in [0.29, 0.717) is 0 Å². The van der Waals surface area contributed by atoms with Crippen LogP contribution in [0.15, 0.2) is 85.2 Å². The average Bonchev–Trinajstić information content (AvgIpc) is 2.52. The third kappa shape index (κ3) is 3.59. The second-order valence-electron chi connectivity index (χ2n) is 5.05. The van der Waals surface area contributed by atoms with Crippen LogP contribution in [0.5, 0.6) is 0 Å². The Bertz CT molecular complexity index is 623. The number of hydrogen-bond donors (Lipinski definition) is 0. The number of aryl methyl sites for hydroxylation is 1. The highest BCUT2D eigenvalue weighted by Crippen LogP contribution is 2.21. The Morgan fingerprint density at radius 1 is 0.667 bits per heavy atom. The number of hydrogen-bond acceptors (Lipinski definition) is 0. The van der Waals surface area contributed by atoms with Crippen LogP contribution in [0, 0.1) is 6.92 Å². The van der Waals surface area contributed by atoms with Crippen LogP contribution >= 0.6 is 17.0 Å². The van der Waals surface area contributed by atoms with Gasteiger partial charge in [-0.1, -0.05) is 60.7 Å². The number of aromatic nitrogens is 1. The van der Waals surface area contributed by atoms with Gasteiger partial charge in [0.1, 0.15) is 0 Å². The second kappa shape index (κ2) is 7.19. The van der Waals surface area contributed by atoms with Gasteiger partial charge in [0.15, 0.2) is 12.4 Å². The molecule has 0 bridgehead atoms. The Morgan fingerprint density at radius 2 is 1.10 bits per heavy atom. The van der Waals surface area contributed by atoms with E-state index < -0.39 is 0 Å². The number of nitrogens with zero attached hydrogens (tertiary/aromatic N) is 1. The minimum absolute atomic E-state index is 0. The van der Waals surface area contributed by atoms with Gasteiger partial charge >= 0.3 is 0 Å². The summed E-state index contributed by atoms with van der Waals surface area (Å²) in [6.45, 7) is 2.12. The summed E-state index contributed by atoms with van der Waals surface area (Å²) in [5, 5.41) is 0. The molecule has 0 saturated carbocycles. The van der Waals surface area contributed by atoms with E-state index in [1.165, 1.54) is 16.7 Å². The molecule has 0 fully saturated rings. The third-order valence-electron chi connectivity index (χ3n) is 3.55. The lowest BCUT2D eigenvalue weighted by Gasteiger charge is -2.13. The van der Waals surface area contributed by atoms with E-state index in [9.17, 15) is 0 Å². The molecule has 2 heteroatoms. The van der Waals surface area contributed by atoms with Gasteiger partial charge in [0.25, 0.3) is 0 Å². The monoisotopic (exact) mass is 340 g/mol. The topological polar surface area (TPSA) is 3.88 Å². The van der Waals surface area contributed by atoms with Crippen molar-refractivity contribution in [1.82, 2.24) is 0 Å². The molecule has 106 valence electrons. The third-order valence-corrected chi connectivity index (χ3v) is 3.55. The van der Waals surface area contributed by atoms with Crippen molar-refractivity contribution in [1.29, 1.82) is 0 Å². The SMILES string of the molecule is Br.Cc1cc[n+](C(c2ccccc2)c2ccccc2)cc1. The molecule has 0 saturated heterocycles. The van der Waals surface area contributed by atoms with Gasteiger partial charge < -0.3 is 0 Å². The predicted molar refractivity (Wildman–Crippen MR) is 91.8 cm³/mol. The second-order valence-corrected chi connectivity index (χ2v) is 5.05. The van der Waals surface area contributed by atoms with Crippen molar-refractivity contribution in [3.8, 4) is 0 Å². The number of benzene rings is 2. The number of halogens is 1. The van der Waals surface area contributed by atoms with E-state index in [2.05, 4.69) is 96.7 Å². The molecule has 2 aromatic carbocycles. The summed E-state index contributed by atoms with van der Waals surface area (Å²) in [5.41, 5.74) is 3.88. The Hall–Kier alpha value is -1.93. The molecule has 1 nitrogen and oxygen atoms in total. The lowest BCUT2D eigenvalue weighted by Crippen LogP contribution is -2.40. The Labute approximate surface area is 136 Å². The molecule has 0 aliphatic heterocycles. The van der Waals surface area contributed by atoms with E-state index in [1.807, 2.05) is 0 Å². The molecule has 3 rings (SSSR count). The molecule has 1 heterocycles. The Balaban J connectivity index is 0.00000161. The van der Waals surface area contributed by atoms with Gasteiger partial charge in [-0.25, -0.2) is 0 Å². The zero-order chi connectivity index (χ0) is 13.8. The minimum atomic E-state index is 0. The Kier molecular flexibility index (Phi) is 5.29. The normalized spacial score (nSPS) is 10.2. The minimum Gasteiger partial charge on any atom is -0.194 e. The maximum Gasteiger partial charge on any atom is 0.208 e. The van der Waals surface area contributed by atoms with Crippen LogP contribution in [-0.4, -0.2) is 0 Å². The standard InChI is InChI=1S/C19H18N.BrH/c1-16-12-14-20(15-13-16)19(17-8-4-2-5-9-17)18-10-6-3-7-11-18;/h2-15,19H,1H3;1H/q+1;. The lowest BCUT2D eigenvalue weighted by atomic mass is 9.98. The van der Waals surface area contributed by atoms with E-state index in [0.717, 1.165) is 0 Å². The molecule has 0 N–H and O–H groups in total. The van der Waals surface area contributed by atoms with E-state index in [-0.39, 0.29) is 23.0 Å². The lowest BCUT2D eigenvalue weighted by molar-refractivity contribution is -0.704. The fourth-order valence-corrected chi connectivity index (χ4v) is 2.49. The van der Waals surface area contributed by atoms with E-state index in [1.54, 1.807) is 0 Å². The van der Waals surface area contributed by atoms with Crippen LogP contribution in [0.25, 0.3) is 0 Å². The van der Waals surface area contributed by atoms with E-state index >= 15 is 0 Å². The molecule has 0 unspecified atom stereocenters. The quantitative estimate of drug-likeness (QED) is 0.618. The van der Waals surface area contributed by atoms with Gasteiger partial charge in [0, 0.05) is 23.3 Å². The summed E-state index contributed by atoms with van der Waals surface area (Å²) in [6, 6.07) is 25.8. The molecular formula is C19H19BrN+. The molecule has 3 aromatic rings. The number of pyridine rings is 1. The van der Waals surface area contributed by atoms with Gasteiger partial charge in [-0.3, -0.25) is 0 Å². The van der Waals surface area contributed by atoms with Crippen LogP contribution in [0.1, 0.15) is 22.7 Å². The van der Waals surface area contributed by atoms with Gasteiger partial charge in [-0.05, 0) is 12.5 Å². The van der Waals surface area contributed by atoms with Crippen molar-refractivity contribution in [3.05, 3.63) is 102 Å². The average molecular weight is 341 g/mol. The van der Waals surface area contributed by atoms with Crippen LogP contribution in [0.2, 0.25) is 0 Å². The van der Waals surface area contributed by atoms with E-state index in [4.69, 9.17) is 0 Å². The van der Waals surface area contributed by atoms with Crippen LogP contribution < -0.4 is 4.57 Å². The molecule has 0 aliphatic rings. The molecule has 1 aromatic heterocycles. The smallest absolute Gasteiger partial charge is 0.194 e. The van der Waals surface area contributed by atoms with Crippen molar-refractivity contribution < 1.29 is 4.57 Å². The summed E-state index contributed by atoms with van der Waals surface area (Å²) in [4.78, 5) is 0. The molecule has 0 atom stereocenters. The molecule has 0 aliphatic carbocycles. The number of rotatable bonds is 3. The highest BCUT2D eigenvalue weighted by Gasteiger charge is 2.22. The maximum absolute atomic E-state index is 2.26.